The number of halogens is 5. The fraction of sp³-hybridized carbons (Fsp3) is 0.386. The van der Waals surface area contributed by atoms with Gasteiger partial charge in [0.05, 0.1) is 23.0 Å². The van der Waals surface area contributed by atoms with Gasteiger partial charge in [0.15, 0.2) is 0 Å². The van der Waals surface area contributed by atoms with Crippen LogP contribution in [0.25, 0.3) is 5.57 Å². The highest BCUT2D eigenvalue weighted by atomic mass is 31.2. The molecule has 4 aromatic carbocycles. The monoisotopic (exact) mass is 851 g/mol. The fourth-order valence-electron chi connectivity index (χ4n) is 9.56. The third-order valence-corrected chi connectivity index (χ3v) is 13.7. The Morgan fingerprint density at radius 2 is 1.47 bits per heavy atom. The van der Waals surface area contributed by atoms with Gasteiger partial charge in [0.1, 0.15) is 24.6 Å². The van der Waals surface area contributed by atoms with Gasteiger partial charge in [0, 0.05) is 65.5 Å². The number of ether oxygens (including phenoxy) is 2. The number of anilines is 1. The van der Waals surface area contributed by atoms with E-state index in [1.807, 2.05) is 0 Å². The Kier molecular flexibility index (Phi) is 10.6. The van der Waals surface area contributed by atoms with Crippen LogP contribution in [0.3, 0.4) is 0 Å². The molecule has 4 aromatic rings. The first-order valence-corrected chi connectivity index (χ1v) is 21.9. The Morgan fingerprint density at radius 3 is 2.22 bits per heavy atom. The van der Waals surface area contributed by atoms with Crippen LogP contribution in [0.15, 0.2) is 30.3 Å². The van der Waals surface area contributed by atoms with Crippen LogP contribution in [-0.4, -0.2) is 54.7 Å². The van der Waals surface area contributed by atoms with E-state index < -0.39 is 60.8 Å². The summed E-state index contributed by atoms with van der Waals surface area (Å²) in [6.07, 6.45) is 7.10. The first-order chi connectivity index (χ1) is 28.8. The average molecular weight is 852 g/mol. The van der Waals surface area contributed by atoms with Gasteiger partial charge in [-0.3, -0.25) is 9.36 Å². The largest absolute Gasteiger partial charge is 0.478 e. The highest BCUT2D eigenvalue weighted by molar-refractivity contribution is 7.61. The molecule has 314 valence electrons. The van der Waals surface area contributed by atoms with Gasteiger partial charge in [-0.15, -0.1) is 0 Å². The maximum absolute atomic E-state index is 13.9. The van der Waals surface area contributed by atoms with E-state index in [9.17, 15) is 46.1 Å². The number of nitrogens with zero attached hydrogens (tertiary/aromatic N) is 2. The van der Waals surface area contributed by atoms with Crippen LogP contribution in [0.4, 0.5) is 27.6 Å². The molecule has 0 saturated carbocycles. The molecule has 1 atom stereocenters. The molecule has 0 saturated heterocycles. The van der Waals surface area contributed by atoms with Crippen molar-refractivity contribution in [1.82, 2.24) is 4.58 Å². The molecular formula is C44H41F5N2O8P+. The number of esters is 1. The van der Waals surface area contributed by atoms with Gasteiger partial charge in [-0.1, -0.05) is 6.42 Å². The van der Waals surface area contributed by atoms with Crippen LogP contribution < -0.4 is 34.8 Å². The number of benzene rings is 4. The number of aryl methyl sites for hydroxylation is 2. The van der Waals surface area contributed by atoms with Crippen molar-refractivity contribution >= 4 is 36.1 Å². The first-order valence-electron chi connectivity index (χ1n) is 20.3. The van der Waals surface area contributed by atoms with Gasteiger partial charge < -0.3 is 28.9 Å². The van der Waals surface area contributed by atoms with E-state index >= 15 is 0 Å². The van der Waals surface area contributed by atoms with E-state index in [1.54, 1.807) is 0 Å². The van der Waals surface area contributed by atoms with Gasteiger partial charge in [-0.25, -0.2) is 22.5 Å². The number of carbonyl (C=O) groups excluding carboxylic acids is 1. The molecule has 5 heterocycles. The van der Waals surface area contributed by atoms with Crippen molar-refractivity contribution < 1.29 is 60.1 Å². The van der Waals surface area contributed by atoms with Gasteiger partial charge in [-0.2, -0.15) is 8.78 Å². The second-order valence-electron chi connectivity index (χ2n) is 15.9. The van der Waals surface area contributed by atoms with Gasteiger partial charge in [0.2, 0.25) is 40.2 Å². The number of carbonyl (C=O) groups is 2. The normalized spacial score (nSPS) is 17.2. The summed E-state index contributed by atoms with van der Waals surface area (Å²) in [5.74, 6) is -14.1. The van der Waals surface area contributed by atoms with Crippen molar-refractivity contribution in [2.75, 3.05) is 37.7 Å². The molecule has 10 nitrogen and oxygen atoms in total. The lowest BCUT2D eigenvalue weighted by molar-refractivity contribution is -0.135. The number of hydrogen-bond acceptors (Lipinski definition) is 7. The molecule has 0 aromatic heterocycles. The SMILES string of the molecule is O=C(CCCCCOP(=O)(O)c1ccc(C(=O)O)c(C2=c3cc4c5c(c3Oc3c2cc2c6c3CCCN6CCC2)CCC[N+]=5CCC4)c1)Oc1c(F)c(F)c(F)c(F)c1F. The fourth-order valence-corrected chi connectivity index (χ4v) is 10.6. The lowest BCUT2D eigenvalue weighted by Gasteiger charge is -2.39. The van der Waals surface area contributed by atoms with Crippen molar-refractivity contribution in [2.45, 2.75) is 77.0 Å². The van der Waals surface area contributed by atoms with E-state index in [-0.39, 0.29) is 42.3 Å². The van der Waals surface area contributed by atoms with Crippen LogP contribution in [0, 0.1) is 29.1 Å². The Hall–Kier alpha value is -5.11. The summed E-state index contributed by atoms with van der Waals surface area (Å²) >= 11 is 0. The molecule has 0 fully saturated rings. The summed E-state index contributed by atoms with van der Waals surface area (Å²) in [5.41, 5.74) is 7.33. The Balaban J connectivity index is 1.03. The summed E-state index contributed by atoms with van der Waals surface area (Å²) in [6.45, 7) is 3.55. The molecular weight excluding hydrogens is 810 g/mol. The molecule has 5 aliphatic heterocycles. The maximum Gasteiger partial charge on any atom is 0.358 e. The molecule has 0 aliphatic carbocycles. The minimum Gasteiger partial charge on any atom is -0.478 e. The Bertz CT molecular complexity index is 2670. The topological polar surface area (TPSA) is 126 Å². The van der Waals surface area contributed by atoms with Crippen molar-refractivity contribution in [1.29, 1.82) is 0 Å². The Labute approximate surface area is 341 Å². The molecule has 16 heteroatoms. The second kappa shape index (κ2) is 15.7. The Morgan fingerprint density at radius 1 is 0.783 bits per heavy atom. The third-order valence-electron chi connectivity index (χ3n) is 12.2. The predicted molar refractivity (Wildman–Crippen MR) is 209 cm³/mol. The third kappa shape index (κ3) is 6.88. The van der Waals surface area contributed by atoms with Crippen LogP contribution in [0.2, 0.25) is 0 Å². The zero-order valence-corrected chi connectivity index (χ0v) is 33.4. The van der Waals surface area contributed by atoms with Crippen LogP contribution in [0.5, 0.6) is 17.2 Å². The van der Waals surface area contributed by atoms with Crippen LogP contribution in [0.1, 0.15) is 95.1 Å². The molecule has 60 heavy (non-hydrogen) atoms. The number of rotatable bonds is 11. The zero-order valence-electron chi connectivity index (χ0n) is 32.5. The number of hydrogen-bond donors (Lipinski definition) is 2. The van der Waals surface area contributed by atoms with Crippen molar-refractivity contribution in [3.63, 3.8) is 0 Å². The number of aromatic carboxylic acids is 1. The van der Waals surface area contributed by atoms with Crippen molar-refractivity contribution in [3.8, 4) is 17.2 Å². The van der Waals surface area contributed by atoms with E-state index in [1.165, 1.54) is 40.4 Å². The van der Waals surface area contributed by atoms with E-state index in [4.69, 9.17) is 9.26 Å². The maximum atomic E-state index is 13.9. The zero-order chi connectivity index (χ0) is 42.0. The molecule has 0 bridgehead atoms. The first kappa shape index (κ1) is 40.3. The summed E-state index contributed by atoms with van der Waals surface area (Å²) < 4.78 is 102. The summed E-state index contributed by atoms with van der Waals surface area (Å²) in [7, 11) is -4.57. The molecule has 1 unspecified atom stereocenters. The molecule has 0 radical (unpaired) electrons. The average Bonchev–Trinajstić information content (AvgIpc) is 3.24. The number of unbranched alkanes of at least 4 members (excludes halogenated alkanes) is 2. The highest BCUT2D eigenvalue weighted by Gasteiger charge is 2.37. The van der Waals surface area contributed by atoms with Crippen LogP contribution in [-0.2, 0) is 39.6 Å². The number of fused-ring (bicyclic) bond motifs is 4. The van der Waals surface area contributed by atoms with E-state index in [2.05, 4.69) is 26.3 Å². The number of carboxylic acid groups (broad SMARTS) is 1. The summed E-state index contributed by atoms with van der Waals surface area (Å²) in [5, 5.41) is 12.5. The van der Waals surface area contributed by atoms with Crippen molar-refractivity contribution in [3.05, 3.63) is 109 Å². The van der Waals surface area contributed by atoms with Gasteiger partial charge >= 0.3 is 19.5 Å². The smallest absolute Gasteiger partial charge is 0.358 e. The summed E-state index contributed by atoms with van der Waals surface area (Å²) in [6, 6.07) is 8.27. The highest BCUT2D eigenvalue weighted by Crippen LogP contribution is 2.49. The van der Waals surface area contributed by atoms with E-state index in [0.717, 1.165) is 99.5 Å². The second-order valence-corrected chi connectivity index (χ2v) is 17.7. The molecule has 2 N–H and O–H groups in total. The van der Waals surface area contributed by atoms with E-state index in [0.29, 0.717) is 17.1 Å². The van der Waals surface area contributed by atoms with Gasteiger partial charge in [0.25, 0.3) is 0 Å². The van der Waals surface area contributed by atoms with Crippen LogP contribution >= 0.6 is 7.60 Å². The predicted octanol–water partition coefficient (Wildman–Crippen LogP) is 6.51. The quantitative estimate of drug-likeness (QED) is 0.0224. The van der Waals surface area contributed by atoms with Crippen molar-refractivity contribution in [2.24, 2.45) is 0 Å². The minimum absolute atomic E-state index is 0.0386. The molecule has 9 rings (SSSR count). The molecule has 5 aliphatic rings. The lowest BCUT2D eigenvalue weighted by atomic mass is 9.82. The minimum atomic E-state index is -4.57. The summed E-state index contributed by atoms with van der Waals surface area (Å²) in [4.78, 5) is 38.9. The molecule has 0 amide bonds. The lowest BCUT2D eigenvalue weighted by Crippen LogP contribution is -2.45. The van der Waals surface area contributed by atoms with Gasteiger partial charge in [-0.05, 0) is 92.8 Å². The standard InChI is InChI=1S/C44H40F5N2O8P/c45-34-35(46)37(48)43(38(49)36(34)47)58-32(52)12-2-1-3-19-57-60(55,56)25-13-14-26(44(53)54)29(22-25)33-30-20-23-8-4-15-50-17-6-10-27(39(23)50)41(30)59-42-28-11-7-18-51-16-5-9-24(40(28)51)21-31(33)42/h13-14,20-22H,1-12,15-19H2,(H-,53,54,55,56)/p+1. The number of carboxylic acids is 1. The molecule has 0 spiro atoms.